The molecule has 1 radical (unpaired) electrons. The molecule has 0 saturated heterocycles. The van der Waals surface area contributed by atoms with E-state index in [1.54, 1.807) is 0 Å². The molecule has 1 aromatic heterocycles. The Bertz CT molecular complexity index is 415. The van der Waals surface area contributed by atoms with Crippen molar-refractivity contribution in [1.82, 2.24) is 9.55 Å². The first kappa shape index (κ1) is 9.00. The second-order valence-corrected chi connectivity index (χ2v) is 3.39. The van der Waals surface area contributed by atoms with Crippen molar-refractivity contribution in [3.05, 3.63) is 60.5 Å². The van der Waals surface area contributed by atoms with Gasteiger partial charge >= 0.3 is 0 Å². The van der Waals surface area contributed by atoms with E-state index in [0.29, 0.717) is 0 Å². The van der Waals surface area contributed by atoms with E-state index in [1.165, 1.54) is 5.56 Å². The molecule has 1 aromatic carbocycles. The second-order valence-electron chi connectivity index (χ2n) is 3.39. The molecule has 0 bridgehead atoms. The molecule has 2 aromatic rings. The van der Waals surface area contributed by atoms with Gasteiger partial charge in [0.1, 0.15) is 0 Å². The van der Waals surface area contributed by atoms with Gasteiger partial charge in [-0.1, -0.05) is 30.3 Å². The average molecular weight is 185 g/mol. The lowest BCUT2D eigenvalue weighted by molar-refractivity contribution is 0.769. The quantitative estimate of drug-likeness (QED) is 0.702. The Kier molecular flexibility index (Phi) is 2.35. The van der Waals surface area contributed by atoms with Crippen molar-refractivity contribution in [3.63, 3.8) is 0 Å². The number of imidazole rings is 1. The van der Waals surface area contributed by atoms with Crippen LogP contribution in [-0.2, 0) is 6.54 Å². The molecule has 0 saturated carbocycles. The minimum absolute atomic E-state index is 0.862. The molecule has 14 heavy (non-hydrogen) atoms. The van der Waals surface area contributed by atoms with Crippen molar-refractivity contribution in [2.45, 2.75) is 13.5 Å². The highest BCUT2D eigenvalue weighted by atomic mass is 15.0. The van der Waals surface area contributed by atoms with Crippen molar-refractivity contribution < 1.29 is 0 Å². The largest absolute Gasteiger partial charge is 0.330 e. The molecule has 71 valence electrons. The van der Waals surface area contributed by atoms with Gasteiger partial charge in [-0.2, -0.15) is 0 Å². The molecule has 2 nitrogen and oxygen atoms in total. The van der Waals surface area contributed by atoms with E-state index in [0.717, 1.165) is 17.9 Å². The molecule has 2 heteroatoms. The predicted molar refractivity (Wildman–Crippen MR) is 57.0 cm³/mol. The fraction of sp³-hybridized carbons (Fsp3) is 0.167. The van der Waals surface area contributed by atoms with Crippen LogP contribution in [0.4, 0.5) is 0 Å². The lowest BCUT2D eigenvalue weighted by atomic mass is 10.2. The van der Waals surface area contributed by atoms with Crippen molar-refractivity contribution in [2.24, 2.45) is 0 Å². The smallest absolute Gasteiger partial charge is 0.0954 e. The first-order valence-corrected chi connectivity index (χ1v) is 4.65. The van der Waals surface area contributed by atoms with Crippen molar-refractivity contribution in [2.75, 3.05) is 0 Å². The summed E-state index contributed by atoms with van der Waals surface area (Å²) >= 11 is 0. The third-order valence-electron chi connectivity index (χ3n) is 2.40. The lowest BCUT2D eigenvalue weighted by Gasteiger charge is -2.04. The van der Waals surface area contributed by atoms with Gasteiger partial charge in [0, 0.05) is 12.2 Å². The van der Waals surface area contributed by atoms with Gasteiger partial charge in [0.15, 0.2) is 0 Å². The van der Waals surface area contributed by atoms with E-state index in [1.807, 2.05) is 31.5 Å². The third-order valence-corrected chi connectivity index (χ3v) is 2.40. The minimum Gasteiger partial charge on any atom is -0.330 e. The summed E-state index contributed by atoms with van der Waals surface area (Å²) in [5.74, 6) is 0. The third kappa shape index (κ3) is 1.69. The van der Waals surface area contributed by atoms with Crippen LogP contribution < -0.4 is 0 Å². The molecule has 0 aliphatic heterocycles. The Balaban J connectivity index is 2.23. The molecule has 0 aliphatic carbocycles. The van der Waals surface area contributed by atoms with E-state index < -0.39 is 0 Å². The Morgan fingerprint density at radius 1 is 1.29 bits per heavy atom. The van der Waals surface area contributed by atoms with E-state index in [9.17, 15) is 0 Å². The zero-order chi connectivity index (χ0) is 9.97. The molecule has 0 aliphatic rings. The average Bonchev–Trinajstić information content (AvgIpc) is 2.52. The molecule has 0 unspecified atom stereocenters. The Morgan fingerprint density at radius 2 is 2.00 bits per heavy atom. The SMILES string of the molecule is [CH2]c1ncn(Cc2ccccc2)c1C. The van der Waals surface area contributed by atoms with E-state index in [4.69, 9.17) is 0 Å². The van der Waals surface area contributed by atoms with Crippen LogP contribution in [0.2, 0.25) is 0 Å². The van der Waals surface area contributed by atoms with Crippen LogP contribution in [0.15, 0.2) is 36.7 Å². The number of rotatable bonds is 2. The van der Waals surface area contributed by atoms with Gasteiger partial charge in [0.25, 0.3) is 0 Å². The Morgan fingerprint density at radius 3 is 2.57 bits per heavy atom. The van der Waals surface area contributed by atoms with E-state index in [-0.39, 0.29) is 0 Å². The molecule has 0 fully saturated rings. The summed E-state index contributed by atoms with van der Waals surface area (Å²) in [5, 5.41) is 0. The highest BCUT2D eigenvalue weighted by Gasteiger charge is 2.01. The van der Waals surface area contributed by atoms with Gasteiger partial charge in [-0.05, 0) is 19.4 Å². The molecule has 0 N–H and O–H groups in total. The highest BCUT2D eigenvalue weighted by molar-refractivity contribution is 5.19. The first-order chi connectivity index (χ1) is 6.77. The molecule has 2 rings (SSSR count). The number of nitrogens with zero attached hydrogens (tertiary/aromatic N) is 2. The molecule has 0 amide bonds. The summed E-state index contributed by atoms with van der Waals surface area (Å²) in [4.78, 5) is 4.16. The summed E-state index contributed by atoms with van der Waals surface area (Å²) < 4.78 is 2.11. The Hall–Kier alpha value is -1.57. The fourth-order valence-corrected chi connectivity index (χ4v) is 1.42. The van der Waals surface area contributed by atoms with Crippen LogP contribution in [0, 0.1) is 13.8 Å². The number of benzene rings is 1. The van der Waals surface area contributed by atoms with Crippen LogP contribution in [0.1, 0.15) is 17.0 Å². The maximum atomic E-state index is 4.16. The van der Waals surface area contributed by atoms with Gasteiger partial charge < -0.3 is 4.57 Å². The molecular formula is C12H13N2. The summed E-state index contributed by atoms with van der Waals surface area (Å²) in [6, 6.07) is 10.3. The Labute approximate surface area is 84.2 Å². The van der Waals surface area contributed by atoms with Crippen LogP contribution in [0.3, 0.4) is 0 Å². The van der Waals surface area contributed by atoms with Crippen LogP contribution in [-0.4, -0.2) is 9.55 Å². The summed E-state index contributed by atoms with van der Waals surface area (Å²) in [6.45, 7) is 6.76. The van der Waals surface area contributed by atoms with Gasteiger partial charge in [-0.3, -0.25) is 0 Å². The number of hydrogen-bond acceptors (Lipinski definition) is 1. The van der Waals surface area contributed by atoms with Crippen LogP contribution in [0.5, 0.6) is 0 Å². The van der Waals surface area contributed by atoms with E-state index in [2.05, 4.69) is 28.6 Å². The molecular weight excluding hydrogens is 172 g/mol. The number of aromatic nitrogens is 2. The van der Waals surface area contributed by atoms with Crippen LogP contribution in [0.25, 0.3) is 0 Å². The standard InChI is InChI=1S/C12H13N2/c1-10-11(2)14(9-13-10)8-12-6-4-3-5-7-12/h3-7,9H,1,8H2,2H3. The lowest BCUT2D eigenvalue weighted by Crippen LogP contribution is -2.00. The fourth-order valence-electron chi connectivity index (χ4n) is 1.42. The summed E-state index contributed by atoms with van der Waals surface area (Å²) in [5.41, 5.74) is 3.28. The predicted octanol–water partition coefficient (Wildman–Crippen LogP) is 2.42. The maximum absolute atomic E-state index is 4.16. The summed E-state index contributed by atoms with van der Waals surface area (Å²) in [6.07, 6.45) is 1.84. The minimum atomic E-state index is 0.862. The molecule has 0 atom stereocenters. The second kappa shape index (κ2) is 3.66. The normalized spacial score (nSPS) is 10.4. The van der Waals surface area contributed by atoms with Crippen molar-refractivity contribution in [1.29, 1.82) is 0 Å². The van der Waals surface area contributed by atoms with Gasteiger partial charge in [0.05, 0.1) is 12.0 Å². The van der Waals surface area contributed by atoms with Crippen molar-refractivity contribution in [3.8, 4) is 0 Å². The monoisotopic (exact) mass is 185 g/mol. The van der Waals surface area contributed by atoms with Crippen LogP contribution >= 0.6 is 0 Å². The van der Waals surface area contributed by atoms with Crippen molar-refractivity contribution >= 4 is 0 Å². The maximum Gasteiger partial charge on any atom is 0.0954 e. The van der Waals surface area contributed by atoms with Gasteiger partial charge in [-0.25, -0.2) is 4.98 Å². The zero-order valence-corrected chi connectivity index (χ0v) is 8.27. The topological polar surface area (TPSA) is 17.8 Å². The van der Waals surface area contributed by atoms with E-state index >= 15 is 0 Å². The first-order valence-electron chi connectivity index (χ1n) is 4.65. The highest BCUT2D eigenvalue weighted by Crippen LogP contribution is 2.08. The summed E-state index contributed by atoms with van der Waals surface area (Å²) in [7, 11) is 0. The van der Waals surface area contributed by atoms with Gasteiger partial charge in [-0.15, -0.1) is 0 Å². The molecule has 1 heterocycles. The molecule has 0 spiro atoms. The zero-order valence-electron chi connectivity index (χ0n) is 8.27. The van der Waals surface area contributed by atoms with Gasteiger partial charge in [0.2, 0.25) is 0 Å². The number of hydrogen-bond donors (Lipinski definition) is 0.